The predicted molar refractivity (Wildman–Crippen MR) is 133 cm³/mol. The van der Waals surface area contributed by atoms with Crippen molar-refractivity contribution in [3.63, 3.8) is 0 Å². The predicted octanol–water partition coefficient (Wildman–Crippen LogP) is -1.82. The first-order valence-corrected chi connectivity index (χ1v) is 12.3. The highest BCUT2D eigenvalue weighted by molar-refractivity contribution is 5.95. The Morgan fingerprint density at radius 2 is 1.28 bits per heavy atom. The smallest absolute Gasteiger partial charge is 0.326 e. The molecule has 0 saturated heterocycles. The molecule has 0 bridgehead atoms. The van der Waals surface area contributed by atoms with Crippen LogP contribution in [0.2, 0.25) is 0 Å². The Kier molecular flexibility index (Phi) is 15.5. The van der Waals surface area contributed by atoms with E-state index in [1.54, 1.807) is 13.8 Å². The number of nitrogens with two attached hydrogens (primary N) is 2. The van der Waals surface area contributed by atoms with Gasteiger partial charge in [-0.15, -0.1) is 0 Å². The van der Waals surface area contributed by atoms with Crippen LogP contribution in [0.15, 0.2) is 0 Å². The van der Waals surface area contributed by atoms with Crippen LogP contribution in [-0.2, 0) is 24.0 Å². The van der Waals surface area contributed by atoms with Gasteiger partial charge in [-0.1, -0.05) is 27.7 Å². The van der Waals surface area contributed by atoms with Crippen molar-refractivity contribution in [2.75, 3.05) is 13.2 Å². The van der Waals surface area contributed by atoms with Crippen molar-refractivity contribution < 1.29 is 34.2 Å². The summed E-state index contributed by atoms with van der Waals surface area (Å²) in [6, 6.07) is -5.49. The van der Waals surface area contributed by atoms with Gasteiger partial charge in [-0.25, -0.2) is 4.79 Å². The van der Waals surface area contributed by atoms with Crippen molar-refractivity contribution in [3.05, 3.63) is 0 Å². The summed E-state index contributed by atoms with van der Waals surface area (Å²) in [5.41, 5.74) is 11.2. The number of carbonyl (C=O) groups is 5. The molecule has 0 aromatic rings. The van der Waals surface area contributed by atoms with Gasteiger partial charge < -0.3 is 42.9 Å². The van der Waals surface area contributed by atoms with Gasteiger partial charge in [0.15, 0.2) is 0 Å². The molecule has 36 heavy (non-hydrogen) atoms. The van der Waals surface area contributed by atoms with Crippen LogP contribution in [0.3, 0.4) is 0 Å². The lowest BCUT2D eigenvalue weighted by Gasteiger charge is -2.25. The Morgan fingerprint density at radius 1 is 0.750 bits per heavy atom. The normalized spacial score (nSPS) is 15.4. The number of aliphatic carboxylic acids is 1. The molecule has 0 fully saturated rings. The molecule has 10 N–H and O–H groups in total. The number of aliphatic hydroxyl groups is 1. The zero-order valence-electron chi connectivity index (χ0n) is 21.9. The molecule has 0 saturated carbocycles. The summed E-state index contributed by atoms with van der Waals surface area (Å²) in [5.74, 6) is -4.16. The quantitative estimate of drug-likeness (QED) is 0.102. The van der Waals surface area contributed by atoms with Crippen molar-refractivity contribution >= 4 is 29.6 Å². The molecule has 5 atom stereocenters. The molecule has 0 rings (SSSR count). The van der Waals surface area contributed by atoms with Gasteiger partial charge in [0.05, 0.1) is 12.6 Å². The molecule has 0 spiro atoms. The Labute approximate surface area is 212 Å². The maximum Gasteiger partial charge on any atom is 0.326 e. The first-order valence-electron chi connectivity index (χ1n) is 12.3. The summed E-state index contributed by atoms with van der Waals surface area (Å²) in [7, 11) is 0. The third-order valence-electron chi connectivity index (χ3n) is 5.49. The fourth-order valence-electron chi connectivity index (χ4n) is 3.17. The fraction of sp³-hybridized carbons (Fsp3) is 0.783. The Balaban J connectivity index is 5.22. The van der Waals surface area contributed by atoms with Crippen LogP contribution in [0.5, 0.6) is 0 Å². The average Bonchev–Trinajstić information content (AvgIpc) is 2.79. The van der Waals surface area contributed by atoms with Crippen molar-refractivity contribution in [1.29, 1.82) is 0 Å². The zero-order chi connectivity index (χ0) is 28.0. The molecule has 4 amide bonds. The SMILES string of the molecule is CC(C)C[C@H](NC(=O)[C@H](C)NC(=O)[C@H](CO)NC(=O)[C@@H](N)C(C)C)C(=O)N[C@@H](CCCCN)C(=O)O. The van der Waals surface area contributed by atoms with Gasteiger partial charge in [0, 0.05) is 0 Å². The second-order valence-electron chi connectivity index (χ2n) is 9.62. The van der Waals surface area contributed by atoms with E-state index in [-0.39, 0.29) is 24.7 Å². The lowest BCUT2D eigenvalue weighted by Crippen LogP contribution is -2.58. The molecule has 0 aliphatic heterocycles. The standard InChI is InChI=1S/C23H44N6O7/c1-12(2)10-16(20(32)27-15(23(35)36)8-6-7-9-24)28-19(31)14(5)26-21(33)17(11-30)29-22(34)18(25)13(3)4/h12-18,30H,6-11,24-25H2,1-5H3,(H,26,33)(H,27,32)(H,28,31)(H,29,34)(H,35,36)/t14-,15-,16-,17-,18-/m0/s1. The molecule has 0 unspecified atom stereocenters. The average molecular weight is 517 g/mol. The summed E-state index contributed by atoms with van der Waals surface area (Å²) in [6.07, 6.45) is 1.56. The first kappa shape index (κ1) is 33.2. The van der Waals surface area contributed by atoms with Gasteiger partial charge in [-0.2, -0.15) is 0 Å². The van der Waals surface area contributed by atoms with E-state index >= 15 is 0 Å². The van der Waals surface area contributed by atoms with Crippen LogP contribution < -0.4 is 32.7 Å². The van der Waals surface area contributed by atoms with E-state index in [0.717, 1.165) is 0 Å². The number of nitrogens with one attached hydrogen (secondary N) is 4. The number of hydrogen-bond acceptors (Lipinski definition) is 8. The highest BCUT2D eigenvalue weighted by Crippen LogP contribution is 2.08. The Hall–Kier alpha value is -2.77. The van der Waals surface area contributed by atoms with E-state index in [1.807, 2.05) is 13.8 Å². The molecule has 13 heteroatoms. The van der Waals surface area contributed by atoms with Crippen molar-refractivity contribution in [2.45, 2.75) is 90.5 Å². The minimum atomic E-state index is -1.32. The van der Waals surface area contributed by atoms with Gasteiger partial charge in [-0.05, 0) is 51.0 Å². The molecule has 0 aromatic heterocycles. The number of aliphatic hydroxyl groups excluding tert-OH is 1. The number of rotatable bonds is 17. The first-order chi connectivity index (χ1) is 16.7. The maximum absolute atomic E-state index is 12.8. The summed E-state index contributed by atoms with van der Waals surface area (Å²) in [4.78, 5) is 61.7. The molecule has 0 heterocycles. The second kappa shape index (κ2) is 16.8. The second-order valence-corrected chi connectivity index (χ2v) is 9.62. The van der Waals surface area contributed by atoms with Crippen molar-refractivity contribution in [2.24, 2.45) is 23.3 Å². The topological polar surface area (TPSA) is 226 Å². The van der Waals surface area contributed by atoms with Crippen LogP contribution in [0.1, 0.15) is 60.3 Å². The third kappa shape index (κ3) is 12.3. The summed E-state index contributed by atoms with van der Waals surface area (Å²) < 4.78 is 0. The van der Waals surface area contributed by atoms with Crippen molar-refractivity contribution in [1.82, 2.24) is 21.3 Å². The molecule has 0 radical (unpaired) electrons. The monoisotopic (exact) mass is 516 g/mol. The van der Waals surface area contributed by atoms with Gasteiger partial charge >= 0.3 is 5.97 Å². The molecular weight excluding hydrogens is 472 g/mol. The Morgan fingerprint density at radius 3 is 1.75 bits per heavy atom. The molecule has 13 nitrogen and oxygen atoms in total. The van der Waals surface area contributed by atoms with Gasteiger partial charge in [0.1, 0.15) is 24.2 Å². The van der Waals surface area contributed by atoms with Crippen LogP contribution in [-0.4, -0.2) is 83.2 Å². The number of carbonyl (C=O) groups excluding carboxylic acids is 4. The minimum Gasteiger partial charge on any atom is -0.480 e. The van der Waals surface area contributed by atoms with Gasteiger partial charge in [0.2, 0.25) is 23.6 Å². The van der Waals surface area contributed by atoms with E-state index in [2.05, 4.69) is 21.3 Å². The molecule has 208 valence electrons. The van der Waals surface area contributed by atoms with Crippen molar-refractivity contribution in [3.8, 4) is 0 Å². The van der Waals surface area contributed by atoms with Crippen LogP contribution >= 0.6 is 0 Å². The lowest BCUT2D eigenvalue weighted by molar-refractivity contribution is -0.142. The lowest BCUT2D eigenvalue weighted by atomic mass is 10.0. The van der Waals surface area contributed by atoms with Gasteiger partial charge in [0.25, 0.3) is 0 Å². The zero-order valence-corrected chi connectivity index (χ0v) is 21.9. The highest BCUT2D eigenvalue weighted by atomic mass is 16.4. The summed E-state index contributed by atoms with van der Waals surface area (Å²) >= 11 is 0. The number of carboxylic acids is 1. The van der Waals surface area contributed by atoms with E-state index in [1.165, 1.54) is 6.92 Å². The number of amides is 4. The maximum atomic E-state index is 12.8. The molecule has 0 aromatic carbocycles. The fourth-order valence-corrected chi connectivity index (χ4v) is 3.17. The van der Waals surface area contributed by atoms with E-state index in [4.69, 9.17) is 11.5 Å². The number of hydrogen-bond donors (Lipinski definition) is 8. The van der Waals surface area contributed by atoms with E-state index in [0.29, 0.717) is 19.4 Å². The largest absolute Gasteiger partial charge is 0.480 e. The van der Waals surface area contributed by atoms with Crippen LogP contribution in [0.4, 0.5) is 0 Å². The Bertz CT molecular complexity index is 746. The van der Waals surface area contributed by atoms with Crippen LogP contribution in [0, 0.1) is 11.8 Å². The number of unbranched alkanes of at least 4 members (excludes halogenated alkanes) is 1. The molecule has 0 aliphatic rings. The number of carboxylic acid groups (broad SMARTS) is 1. The highest BCUT2D eigenvalue weighted by Gasteiger charge is 2.30. The van der Waals surface area contributed by atoms with E-state index in [9.17, 15) is 34.2 Å². The van der Waals surface area contributed by atoms with Gasteiger partial charge in [-0.3, -0.25) is 19.2 Å². The van der Waals surface area contributed by atoms with E-state index < -0.39 is 66.4 Å². The third-order valence-corrected chi connectivity index (χ3v) is 5.49. The molecular formula is C23H44N6O7. The molecule has 0 aliphatic carbocycles. The summed E-state index contributed by atoms with van der Waals surface area (Å²) in [6.45, 7) is 8.20. The van der Waals surface area contributed by atoms with Crippen LogP contribution in [0.25, 0.3) is 0 Å². The minimum absolute atomic E-state index is 0.00869. The summed E-state index contributed by atoms with van der Waals surface area (Å²) in [5, 5.41) is 28.7.